The third-order valence-electron chi connectivity index (χ3n) is 4.53. The van der Waals surface area contributed by atoms with Crippen LogP contribution in [0.1, 0.15) is 22.9 Å². The van der Waals surface area contributed by atoms with Gasteiger partial charge < -0.3 is 14.6 Å². The number of aliphatic carboxylic acids is 1. The van der Waals surface area contributed by atoms with Gasteiger partial charge in [0.15, 0.2) is 17.4 Å². The van der Waals surface area contributed by atoms with Crippen LogP contribution in [0.15, 0.2) is 36.4 Å². The number of carbonyl (C=O) groups is 1. The Bertz CT molecular complexity index is 1110. The molecule has 3 aromatic rings. The molecule has 2 aromatic carbocycles. The number of aromatic nitrogens is 1. The Morgan fingerprint density at radius 1 is 1.19 bits per heavy atom. The van der Waals surface area contributed by atoms with Gasteiger partial charge in [-0.25, -0.2) is 8.78 Å². The fraction of sp³-hybridized carbons (Fsp3) is 0.238. The van der Waals surface area contributed by atoms with Gasteiger partial charge in [-0.1, -0.05) is 30.7 Å². The molecule has 0 aliphatic rings. The Morgan fingerprint density at radius 2 is 1.78 bits per heavy atom. The molecule has 0 saturated carbocycles. The molecule has 0 fully saturated rings. The molecule has 32 heavy (non-hydrogen) atoms. The summed E-state index contributed by atoms with van der Waals surface area (Å²) in [4.78, 5) is 9.77. The molecule has 1 aromatic heterocycles. The second-order valence-corrected chi connectivity index (χ2v) is 8.15. The molecule has 0 bridgehead atoms. The van der Waals surface area contributed by atoms with Crippen LogP contribution in [-0.2, 0) is 24.0 Å². The van der Waals surface area contributed by atoms with Gasteiger partial charge in [-0.3, -0.25) is 0 Å². The smallest absolute Gasteiger partial charge is 0.427 e. The van der Waals surface area contributed by atoms with Crippen LogP contribution < -0.4 is 9.84 Å². The lowest BCUT2D eigenvalue weighted by Gasteiger charge is -2.15. The van der Waals surface area contributed by atoms with E-state index >= 15 is 0 Å². The van der Waals surface area contributed by atoms with Gasteiger partial charge in [0.1, 0.15) is 11.5 Å². The highest BCUT2D eigenvalue weighted by Crippen LogP contribution is 2.40. The quantitative estimate of drug-likeness (QED) is 0.423. The molecular weight excluding hydrogens is 477 g/mol. The molecular formula is C21H14ClF5NO3S-. The first-order valence-electron chi connectivity index (χ1n) is 9.10. The van der Waals surface area contributed by atoms with Crippen LogP contribution in [0.5, 0.6) is 5.75 Å². The van der Waals surface area contributed by atoms with Crippen molar-refractivity contribution in [3.8, 4) is 17.0 Å². The van der Waals surface area contributed by atoms with E-state index in [4.69, 9.17) is 16.3 Å². The van der Waals surface area contributed by atoms with E-state index in [1.807, 2.05) is 0 Å². The predicted octanol–water partition coefficient (Wildman–Crippen LogP) is 5.27. The van der Waals surface area contributed by atoms with Crippen LogP contribution in [0.3, 0.4) is 0 Å². The number of carboxylic acid groups (broad SMARTS) is 1. The topological polar surface area (TPSA) is 62.2 Å². The van der Waals surface area contributed by atoms with Gasteiger partial charge in [0.25, 0.3) is 0 Å². The van der Waals surface area contributed by atoms with Crippen molar-refractivity contribution in [2.75, 3.05) is 0 Å². The van der Waals surface area contributed by atoms with Crippen molar-refractivity contribution in [3.05, 3.63) is 69.1 Å². The maximum absolute atomic E-state index is 14.4. The summed E-state index contributed by atoms with van der Waals surface area (Å²) < 4.78 is 78.2. The number of hydrogen-bond acceptors (Lipinski definition) is 5. The maximum atomic E-state index is 14.4. The molecule has 0 aliphatic heterocycles. The van der Waals surface area contributed by atoms with E-state index in [1.165, 1.54) is 31.2 Å². The monoisotopic (exact) mass is 490 g/mol. The maximum Gasteiger partial charge on any atom is 0.427 e. The van der Waals surface area contributed by atoms with Crippen LogP contribution in [-0.4, -0.2) is 10.3 Å². The van der Waals surface area contributed by atoms with Crippen molar-refractivity contribution < 1.29 is 36.6 Å². The molecule has 0 amide bonds. The average molecular weight is 491 g/mol. The molecule has 3 rings (SSSR count). The summed E-state index contributed by atoms with van der Waals surface area (Å²) in [6.07, 6.45) is -4.94. The molecule has 0 N–H and O–H groups in total. The summed E-state index contributed by atoms with van der Waals surface area (Å²) >= 11 is 6.01. The van der Waals surface area contributed by atoms with Gasteiger partial charge in [-0.2, -0.15) is 17.5 Å². The van der Waals surface area contributed by atoms with Crippen LogP contribution in [0.2, 0.25) is 5.02 Å². The number of carbonyl (C=O) groups excluding carboxylic acids is 1. The SMILES string of the molecule is CC(Cc1cc(F)c(OCc2c(-c3ccc(Cl)cc3)nsc2C(F)(F)F)c(F)c1)C(=O)[O-]. The molecule has 0 radical (unpaired) electrons. The highest BCUT2D eigenvalue weighted by Gasteiger charge is 2.38. The molecule has 0 spiro atoms. The third kappa shape index (κ3) is 5.36. The van der Waals surface area contributed by atoms with Gasteiger partial charge in [-0.05, 0) is 53.7 Å². The van der Waals surface area contributed by atoms with Gasteiger partial charge >= 0.3 is 6.18 Å². The minimum absolute atomic E-state index is 0.0408. The third-order valence-corrected chi connectivity index (χ3v) is 5.71. The Balaban J connectivity index is 1.91. The number of halogens is 6. The van der Waals surface area contributed by atoms with E-state index in [1.54, 1.807) is 0 Å². The lowest BCUT2D eigenvalue weighted by atomic mass is 10.0. The van der Waals surface area contributed by atoms with Crippen molar-refractivity contribution >= 4 is 29.1 Å². The summed E-state index contributed by atoms with van der Waals surface area (Å²) in [5.41, 5.74) is -0.0520. The van der Waals surface area contributed by atoms with Crippen LogP contribution in [0, 0.1) is 17.6 Å². The zero-order chi connectivity index (χ0) is 23.6. The largest absolute Gasteiger partial charge is 0.550 e. The zero-order valence-corrected chi connectivity index (χ0v) is 17.9. The Kier molecular flexibility index (Phi) is 7.04. The zero-order valence-electron chi connectivity index (χ0n) is 16.3. The predicted molar refractivity (Wildman–Crippen MR) is 106 cm³/mol. The summed E-state index contributed by atoms with van der Waals surface area (Å²) in [5.74, 6) is -5.60. The molecule has 4 nitrogen and oxygen atoms in total. The summed E-state index contributed by atoms with van der Waals surface area (Å²) in [6.45, 7) is 0.516. The Morgan fingerprint density at radius 3 is 2.31 bits per heavy atom. The minimum Gasteiger partial charge on any atom is -0.550 e. The summed E-state index contributed by atoms with van der Waals surface area (Å²) in [6, 6.07) is 7.62. The average Bonchev–Trinajstić information content (AvgIpc) is 3.12. The first-order chi connectivity index (χ1) is 15.0. The number of benzene rings is 2. The molecule has 0 aliphatic carbocycles. The van der Waals surface area contributed by atoms with Crippen LogP contribution >= 0.6 is 23.1 Å². The van der Waals surface area contributed by atoms with Crippen molar-refractivity contribution in [1.29, 1.82) is 0 Å². The Hall–Kier alpha value is -2.72. The summed E-state index contributed by atoms with van der Waals surface area (Å²) in [5, 5.41) is 11.2. The number of alkyl halides is 3. The highest BCUT2D eigenvalue weighted by atomic mass is 35.5. The first-order valence-corrected chi connectivity index (χ1v) is 10.3. The number of ether oxygens (including phenoxy) is 1. The van der Waals surface area contributed by atoms with E-state index in [2.05, 4.69) is 4.37 Å². The summed E-state index contributed by atoms with van der Waals surface area (Å²) in [7, 11) is 0. The first kappa shape index (κ1) is 23.9. The standard InChI is InChI=1S/C21H15ClF5NO3S/c1-10(20(29)30)6-11-7-15(23)18(16(24)8-11)31-9-14-17(12-2-4-13(22)5-3-12)28-32-19(14)21(25,26)27/h2-5,7-8,10H,6,9H2,1H3,(H,29,30)/p-1. The minimum atomic E-state index is -4.75. The normalized spacial score (nSPS) is 12.6. The lowest BCUT2D eigenvalue weighted by molar-refractivity contribution is -0.310. The van der Waals surface area contributed by atoms with E-state index < -0.39 is 46.9 Å². The van der Waals surface area contributed by atoms with E-state index in [-0.39, 0.29) is 34.8 Å². The van der Waals surface area contributed by atoms with Crippen molar-refractivity contribution in [3.63, 3.8) is 0 Å². The van der Waals surface area contributed by atoms with E-state index in [9.17, 15) is 31.9 Å². The second kappa shape index (κ2) is 9.41. The van der Waals surface area contributed by atoms with Crippen molar-refractivity contribution in [2.45, 2.75) is 26.1 Å². The molecule has 1 atom stereocenters. The van der Waals surface area contributed by atoms with Crippen molar-refractivity contribution in [2.24, 2.45) is 5.92 Å². The highest BCUT2D eigenvalue weighted by molar-refractivity contribution is 7.06. The fourth-order valence-electron chi connectivity index (χ4n) is 2.95. The number of hydrogen-bond donors (Lipinski definition) is 0. The molecule has 11 heteroatoms. The lowest BCUT2D eigenvalue weighted by Crippen LogP contribution is -2.30. The number of rotatable bonds is 7. The fourth-order valence-corrected chi connectivity index (χ4v) is 3.84. The van der Waals surface area contributed by atoms with Gasteiger partial charge in [0.2, 0.25) is 0 Å². The molecule has 0 saturated heterocycles. The van der Waals surface area contributed by atoms with Crippen LogP contribution in [0.4, 0.5) is 22.0 Å². The van der Waals surface area contributed by atoms with E-state index in [0.717, 1.165) is 12.1 Å². The molecule has 1 heterocycles. The van der Waals surface area contributed by atoms with Crippen molar-refractivity contribution in [1.82, 2.24) is 4.37 Å². The number of carboxylic acids is 1. The molecule has 1 unspecified atom stereocenters. The van der Waals surface area contributed by atoms with Gasteiger partial charge in [0, 0.05) is 22.1 Å². The van der Waals surface area contributed by atoms with E-state index in [0.29, 0.717) is 10.6 Å². The molecule has 170 valence electrons. The second-order valence-electron chi connectivity index (χ2n) is 6.94. The van der Waals surface area contributed by atoms with Gasteiger partial charge in [-0.15, -0.1) is 0 Å². The number of nitrogens with zero attached hydrogens (tertiary/aromatic N) is 1. The van der Waals surface area contributed by atoms with Gasteiger partial charge in [0.05, 0.1) is 5.69 Å². The van der Waals surface area contributed by atoms with Crippen LogP contribution in [0.25, 0.3) is 11.3 Å². The Labute approximate surface area is 188 Å².